The zero-order chi connectivity index (χ0) is 21.4. The minimum atomic E-state index is 0.0107. The van der Waals surface area contributed by atoms with Crippen molar-refractivity contribution in [2.45, 2.75) is 11.1 Å². The summed E-state index contributed by atoms with van der Waals surface area (Å²) in [6.45, 7) is 1.60. The van der Waals surface area contributed by atoms with Crippen LogP contribution in [-0.4, -0.2) is 67.4 Å². The molecular formula is C23H22AsN5O2. The van der Waals surface area contributed by atoms with E-state index in [0.29, 0.717) is 27.5 Å². The van der Waals surface area contributed by atoms with Crippen LogP contribution < -0.4 is 4.74 Å². The van der Waals surface area contributed by atoms with Gasteiger partial charge in [-0.25, -0.2) is 0 Å². The average Bonchev–Trinajstić information content (AvgIpc) is 3.44. The molecule has 3 aromatic heterocycles. The van der Waals surface area contributed by atoms with Crippen molar-refractivity contribution >= 4 is 28.4 Å². The number of benzene rings is 1. The van der Waals surface area contributed by atoms with Crippen molar-refractivity contribution in [1.29, 1.82) is 0 Å². The summed E-state index contributed by atoms with van der Waals surface area (Å²) in [6, 6.07) is 15.4. The fraction of sp³-hybridized carbons (Fsp3) is 0.217. The average molecular weight is 475 g/mol. The molecule has 0 radical (unpaired) electrons. The van der Waals surface area contributed by atoms with Crippen LogP contribution in [0, 0.1) is 0 Å². The molecular weight excluding hydrogens is 453 g/mol. The number of rotatable bonds is 4. The van der Waals surface area contributed by atoms with E-state index in [1.54, 1.807) is 40.7 Å². The van der Waals surface area contributed by atoms with Crippen LogP contribution in [-0.2, 0) is 0 Å². The number of hydrogen-bond acceptors (Lipinski definition) is 5. The summed E-state index contributed by atoms with van der Waals surface area (Å²) in [5.41, 5.74) is 4.49. The third kappa shape index (κ3) is 3.81. The molecule has 1 saturated heterocycles. The molecule has 1 fully saturated rings. The minimum absolute atomic E-state index is 0.0107. The number of ether oxygens (including phenoxy) is 1. The summed E-state index contributed by atoms with van der Waals surface area (Å²) >= 11 is 1.69. The van der Waals surface area contributed by atoms with Gasteiger partial charge in [0.1, 0.15) is 0 Å². The molecule has 1 aliphatic heterocycles. The van der Waals surface area contributed by atoms with E-state index in [1.807, 2.05) is 53.6 Å². The molecule has 4 heterocycles. The summed E-state index contributed by atoms with van der Waals surface area (Å²) in [6.07, 6.45) is 4.67. The topological polar surface area (TPSA) is 72.6 Å². The number of nitrogens with zero attached hydrogens (tertiary/aromatic N) is 5. The van der Waals surface area contributed by atoms with Gasteiger partial charge in [0.2, 0.25) is 0 Å². The molecule has 7 nitrogen and oxygen atoms in total. The molecule has 4 aromatic rings. The predicted molar refractivity (Wildman–Crippen MR) is 121 cm³/mol. The molecule has 1 aromatic carbocycles. The second kappa shape index (κ2) is 8.16. The van der Waals surface area contributed by atoms with Crippen LogP contribution in [0.4, 0.5) is 0 Å². The van der Waals surface area contributed by atoms with Crippen molar-refractivity contribution in [3.05, 3.63) is 66.5 Å². The molecule has 8 heteroatoms. The molecule has 0 bridgehead atoms. The summed E-state index contributed by atoms with van der Waals surface area (Å²) in [7, 11) is 1.56. The van der Waals surface area contributed by atoms with Gasteiger partial charge in [-0.1, -0.05) is 30.3 Å². The first kappa shape index (κ1) is 19.8. The SMILES string of the molecule is COc1cc(C(=O)N2CCC([AsH2])C2)cc(-c2cnn3ccc(-c4ccccc4)nc23)n1. The van der Waals surface area contributed by atoms with Crippen molar-refractivity contribution in [2.24, 2.45) is 0 Å². The first-order valence-corrected chi connectivity index (χ1v) is 11.5. The number of fused-ring (bicyclic) bond motifs is 1. The monoisotopic (exact) mass is 475 g/mol. The third-order valence-corrected chi connectivity index (χ3v) is 6.63. The Bertz CT molecular complexity index is 1260. The van der Waals surface area contributed by atoms with Crippen LogP contribution in [0.5, 0.6) is 5.88 Å². The Kier molecular flexibility index (Phi) is 5.20. The fourth-order valence-electron chi connectivity index (χ4n) is 3.84. The van der Waals surface area contributed by atoms with Crippen LogP contribution >= 0.6 is 0 Å². The normalized spacial score (nSPS) is 16.1. The summed E-state index contributed by atoms with van der Waals surface area (Å²) in [5, 5.41) is 4.43. The first-order chi connectivity index (χ1) is 15.1. The Hall–Kier alpha value is -3.18. The zero-order valence-corrected chi connectivity index (χ0v) is 19.5. The summed E-state index contributed by atoms with van der Waals surface area (Å²) < 4.78 is 7.71. The molecule has 2 atom stereocenters. The Morgan fingerprint density at radius 3 is 2.71 bits per heavy atom. The summed E-state index contributed by atoms with van der Waals surface area (Å²) in [4.78, 5) is 24.4. The van der Waals surface area contributed by atoms with Crippen LogP contribution in [0.15, 0.2) is 60.9 Å². The number of pyridine rings is 1. The van der Waals surface area contributed by atoms with Gasteiger partial charge in [0, 0.05) is 0 Å². The molecule has 5 rings (SSSR count). The molecule has 156 valence electrons. The molecule has 0 saturated carbocycles. The molecule has 1 aliphatic rings. The van der Waals surface area contributed by atoms with Gasteiger partial charge < -0.3 is 0 Å². The van der Waals surface area contributed by atoms with E-state index >= 15 is 0 Å². The van der Waals surface area contributed by atoms with Gasteiger partial charge in [-0.3, -0.25) is 0 Å². The molecule has 2 unspecified atom stereocenters. The zero-order valence-electron chi connectivity index (χ0n) is 17.1. The Labute approximate surface area is 188 Å². The van der Waals surface area contributed by atoms with Crippen LogP contribution in [0.25, 0.3) is 28.2 Å². The molecule has 1 amide bonds. The molecule has 31 heavy (non-hydrogen) atoms. The van der Waals surface area contributed by atoms with Gasteiger partial charge >= 0.3 is 158 Å². The number of methoxy groups -OCH3 is 1. The van der Waals surface area contributed by atoms with Crippen molar-refractivity contribution in [2.75, 3.05) is 20.2 Å². The van der Waals surface area contributed by atoms with Crippen LogP contribution in [0.3, 0.4) is 0 Å². The van der Waals surface area contributed by atoms with Crippen molar-refractivity contribution in [3.8, 4) is 28.4 Å². The van der Waals surface area contributed by atoms with E-state index in [2.05, 4.69) is 10.1 Å². The molecule has 0 aliphatic carbocycles. The number of carbonyl (C=O) groups is 1. The van der Waals surface area contributed by atoms with Gasteiger partial charge in [0.05, 0.1) is 0 Å². The van der Waals surface area contributed by atoms with Gasteiger partial charge in [-0.05, 0) is 0 Å². The maximum atomic E-state index is 13.1. The fourth-order valence-corrected chi connectivity index (χ4v) is 4.69. The Balaban J connectivity index is 1.58. The third-order valence-electron chi connectivity index (χ3n) is 5.48. The number of carbonyl (C=O) groups excluding carboxylic acids is 1. The predicted octanol–water partition coefficient (Wildman–Crippen LogP) is 2.73. The van der Waals surface area contributed by atoms with Gasteiger partial charge in [-0.15, -0.1) is 0 Å². The number of hydrogen-bond donors (Lipinski definition) is 0. The van der Waals surface area contributed by atoms with Crippen molar-refractivity contribution in [3.63, 3.8) is 0 Å². The standard InChI is InChI=1S/C23H22AsN5O2/c1-31-21-12-16(23(30)28-9-7-17(24)14-28)11-20(26-21)18-13-25-29-10-8-19(27-22(18)29)15-5-3-2-4-6-15/h2-6,8,10-13,17H,7,9,14,24H2,1H3. The van der Waals surface area contributed by atoms with Crippen molar-refractivity contribution < 1.29 is 9.53 Å². The maximum absolute atomic E-state index is 13.1. The van der Waals surface area contributed by atoms with Crippen molar-refractivity contribution in [1.82, 2.24) is 24.5 Å². The second-order valence-corrected chi connectivity index (χ2v) is 9.57. The van der Waals surface area contributed by atoms with Crippen LogP contribution in [0.2, 0.25) is 4.71 Å². The quantitative estimate of drug-likeness (QED) is 0.425. The summed E-state index contributed by atoms with van der Waals surface area (Å²) in [5.74, 6) is 0.410. The molecule has 0 N–H and O–H groups in total. The van der Waals surface area contributed by atoms with Crippen LogP contribution in [0.1, 0.15) is 16.8 Å². The number of amides is 1. The van der Waals surface area contributed by atoms with E-state index < -0.39 is 0 Å². The van der Waals surface area contributed by atoms with E-state index in [4.69, 9.17) is 9.72 Å². The van der Waals surface area contributed by atoms with E-state index in [-0.39, 0.29) is 5.91 Å². The van der Waals surface area contributed by atoms with E-state index in [9.17, 15) is 4.79 Å². The number of aromatic nitrogens is 4. The van der Waals surface area contributed by atoms with Gasteiger partial charge in [-0.2, -0.15) is 0 Å². The second-order valence-electron chi connectivity index (χ2n) is 7.59. The number of likely N-dealkylation sites (tertiary alicyclic amines) is 1. The van der Waals surface area contributed by atoms with E-state index in [0.717, 1.165) is 36.3 Å². The van der Waals surface area contributed by atoms with E-state index in [1.165, 1.54) is 0 Å². The Morgan fingerprint density at radius 1 is 1.13 bits per heavy atom. The van der Waals surface area contributed by atoms with Gasteiger partial charge in [0.25, 0.3) is 0 Å². The Morgan fingerprint density at radius 2 is 1.97 bits per heavy atom. The van der Waals surface area contributed by atoms with Gasteiger partial charge in [0.15, 0.2) is 0 Å². The molecule has 0 spiro atoms. The first-order valence-electron chi connectivity index (χ1n) is 10.1.